The van der Waals surface area contributed by atoms with Crippen molar-refractivity contribution in [3.05, 3.63) is 72.6 Å². The monoisotopic (exact) mass is 467 g/mol. The summed E-state index contributed by atoms with van der Waals surface area (Å²) in [4.78, 5) is 20.8. The molecule has 1 fully saturated rings. The van der Waals surface area contributed by atoms with Gasteiger partial charge >= 0.3 is 5.97 Å². The summed E-state index contributed by atoms with van der Waals surface area (Å²) in [5, 5.41) is 11.8. The maximum absolute atomic E-state index is 12.8. The van der Waals surface area contributed by atoms with Gasteiger partial charge in [0.2, 0.25) is 0 Å². The molecule has 2 N–H and O–H groups in total. The fraction of sp³-hybridized carbons (Fsp3) is 0.346. The Balaban J connectivity index is 1.58. The van der Waals surface area contributed by atoms with E-state index in [1.54, 1.807) is 6.20 Å². The van der Waals surface area contributed by atoms with Crippen molar-refractivity contribution in [2.24, 2.45) is 0 Å². The number of aromatic nitrogens is 2. The molecule has 0 unspecified atom stereocenters. The van der Waals surface area contributed by atoms with Crippen LogP contribution in [0.2, 0.25) is 0 Å². The Hall–Kier alpha value is -3.23. The Bertz CT molecular complexity index is 1090. The van der Waals surface area contributed by atoms with Gasteiger partial charge < -0.3 is 9.84 Å². The number of ether oxygens (including phenoxy) is 1. The molecule has 0 aliphatic heterocycles. The van der Waals surface area contributed by atoms with Crippen LogP contribution in [-0.4, -0.2) is 46.3 Å². The first-order chi connectivity index (χ1) is 16.5. The highest BCUT2D eigenvalue weighted by atomic mass is 19.3. The minimum atomic E-state index is -2.55. The van der Waals surface area contributed by atoms with Crippen LogP contribution in [0.3, 0.4) is 0 Å². The molecule has 0 radical (unpaired) electrons. The lowest BCUT2D eigenvalue weighted by molar-refractivity contribution is -0.157. The van der Waals surface area contributed by atoms with Crippen molar-refractivity contribution in [3.63, 3.8) is 0 Å². The van der Waals surface area contributed by atoms with E-state index >= 15 is 0 Å². The highest BCUT2D eigenvalue weighted by molar-refractivity contribution is 5.77. The molecule has 6 nitrogen and oxygen atoms in total. The standard InChI is InChI=1S/C26H27F2N3O3/c27-22(28)16-30-26(34-17-23(32)33)13-11-18(12-14-26)21-15-29-24(19-7-3-1-4-8-19)25(31-21)20-9-5-2-6-10-20/h1-10,15,18,22,30H,11-14,16-17H2,(H,32,33). The third-order valence-electron chi connectivity index (χ3n) is 6.15. The Morgan fingerprint density at radius 3 is 2.18 bits per heavy atom. The number of nitrogens with zero attached hydrogens (tertiary/aromatic N) is 2. The van der Waals surface area contributed by atoms with E-state index in [1.807, 2.05) is 60.7 Å². The van der Waals surface area contributed by atoms with Crippen LogP contribution >= 0.6 is 0 Å². The van der Waals surface area contributed by atoms with E-state index in [0.29, 0.717) is 25.7 Å². The molecular weight excluding hydrogens is 440 g/mol. The number of benzene rings is 2. The van der Waals surface area contributed by atoms with Crippen LogP contribution in [-0.2, 0) is 9.53 Å². The summed E-state index contributed by atoms with van der Waals surface area (Å²) >= 11 is 0. The summed E-state index contributed by atoms with van der Waals surface area (Å²) in [6, 6.07) is 19.8. The molecule has 0 atom stereocenters. The van der Waals surface area contributed by atoms with Crippen LogP contribution in [0.5, 0.6) is 0 Å². The number of halogens is 2. The molecule has 3 aromatic rings. The zero-order valence-electron chi connectivity index (χ0n) is 18.7. The summed E-state index contributed by atoms with van der Waals surface area (Å²) in [6.07, 6.45) is 1.28. The lowest BCUT2D eigenvalue weighted by atomic mass is 9.81. The molecule has 0 saturated heterocycles. The van der Waals surface area contributed by atoms with Gasteiger partial charge in [-0.2, -0.15) is 0 Å². The predicted octanol–water partition coefficient (Wildman–Crippen LogP) is 5.12. The Kier molecular flexibility index (Phi) is 7.59. The minimum absolute atomic E-state index is 0.0645. The van der Waals surface area contributed by atoms with Gasteiger partial charge in [-0.25, -0.2) is 18.6 Å². The quantitative estimate of drug-likeness (QED) is 0.425. The molecule has 1 aromatic heterocycles. The molecule has 0 spiro atoms. The van der Waals surface area contributed by atoms with Crippen molar-refractivity contribution >= 4 is 5.97 Å². The smallest absolute Gasteiger partial charge is 0.329 e. The number of carbonyl (C=O) groups is 1. The SMILES string of the molecule is O=C(O)COC1(NCC(F)F)CCC(c2cnc(-c3ccccc3)c(-c3ccccc3)n2)CC1. The first kappa shape index (κ1) is 23.9. The van der Waals surface area contributed by atoms with Crippen LogP contribution in [0.25, 0.3) is 22.5 Å². The second kappa shape index (κ2) is 10.8. The highest BCUT2D eigenvalue weighted by Gasteiger charge is 2.38. The fourth-order valence-electron chi connectivity index (χ4n) is 4.42. The summed E-state index contributed by atoms with van der Waals surface area (Å²) < 4.78 is 31.2. The van der Waals surface area contributed by atoms with Gasteiger partial charge in [-0.05, 0) is 25.7 Å². The van der Waals surface area contributed by atoms with Crippen molar-refractivity contribution in [3.8, 4) is 22.5 Å². The number of carboxylic acid groups (broad SMARTS) is 1. The zero-order valence-corrected chi connectivity index (χ0v) is 18.7. The maximum Gasteiger partial charge on any atom is 0.329 e. The van der Waals surface area contributed by atoms with E-state index in [0.717, 1.165) is 28.2 Å². The number of carboxylic acids is 1. The van der Waals surface area contributed by atoms with Crippen molar-refractivity contribution in [1.29, 1.82) is 0 Å². The van der Waals surface area contributed by atoms with Crippen molar-refractivity contribution in [2.75, 3.05) is 13.2 Å². The number of hydrogen-bond donors (Lipinski definition) is 2. The van der Waals surface area contributed by atoms with E-state index in [1.165, 1.54) is 0 Å². The first-order valence-corrected chi connectivity index (χ1v) is 11.3. The van der Waals surface area contributed by atoms with E-state index in [9.17, 15) is 13.6 Å². The molecule has 1 saturated carbocycles. The number of aliphatic carboxylic acids is 1. The normalized spacial score (nSPS) is 20.4. The molecule has 0 amide bonds. The van der Waals surface area contributed by atoms with Crippen LogP contribution < -0.4 is 5.32 Å². The summed E-state index contributed by atoms with van der Waals surface area (Å²) in [5.74, 6) is -1.06. The fourth-order valence-corrected chi connectivity index (χ4v) is 4.42. The van der Waals surface area contributed by atoms with Crippen LogP contribution in [0.15, 0.2) is 66.9 Å². The van der Waals surface area contributed by atoms with Gasteiger partial charge in [0.15, 0.2) is 0 Å². The number of nitrogens with one attached hydrogen (secondary N) is 1. The highest BCUT2D eigenvalue weighted by Crippen LogP contribution is 2.39. The molecule has 1 heterocycles. The second-order valence-corrected chi connectivity index (χ2v) is 8.45. The Labute approximate surface area is 197 Å². The van der Waals surface area contributed by atoms with Gasteiger partial charge in [-0.3, -0.25) is 10.3 Å². The van der Waals surface area contributed by atoms with E-state index < -0.39 is 31.3 Å². The molecule has 0 bridgehead atoms. The molecule has 34 heavy (non-hydrogen) atoms. The molecule has 1 aliphatic rings. The third-order valence-corrected chi connectivity index (χ3v) is 6.15. The van der Waals surface area contributed by atoms with Gasteiger partial charge in [-0.1, -0.05) is 60.7 Å². The molecule has 4 rings (SSSR count). The lowest BCUT2D eigenvalue weighted by Gasteiger charge is -2.40. The summed E-state index contributed by atoms with van der Waals surface area (Å²) in [7, 11) is 0. The second-order valence-electron chi connectivity index (χ2n) is 8.45. The summed E-state index contributed by atoms with van der Waals surface area (Å²) in [5.41, 5.74) is 3.28. The van der Waals surface area contributed by atoms with Gasteiger partial charge in [0, 0.05) is 23.2 Å². The molecular formula is C26H27F2N3O3. The van der Waals surface area contributed by atoms with Gasteiger partial charge in [0.05, 0.1) is 23.6 Å². The first-order valence-electron chi connectivity index (χ1n) is 11.3. The molecule has 1 aliphatic carbocycles. The van der Waals surface area contributed by atoms with Gasteiger partial charge in [0.1, 0.15) is 12.3 Å². The number of hydrogen-bond acceptors (Lipinski definition) is 5. The number of rotatable bonds is 9. The molecule has 178 valence electrons. The molecule has 2 aromatic carbocycles. The zero-order chi connectivity index (χ0) is 24.0. The topological polar surface area (TPSA) is 84.3 Å². The summed E-state index contributed by atoms with van der Waals surface area (Å²) in [6.45, 7) is -1.08. The average molecular weight is 468 g/mol. The average Bonchev–Trinajstić information content (AvgIpc) is 2.87. The van der Waals surface area contributed by atoms with Crippen molar-refractivity contribution in [1.82, 2.24) is 15.3 Å². The van der Waals surface area contributed by atoms with E-state index in [4.69, 9.17) is 19.8 Å². The van der Waals surface area contributed by atoms with Crippen molar-refractivity contribution in [2.45, 2.75) is 43.8 Å². The predicted molar refractivity (Wildman–Crippen MR) is 124 cm³/mol. The Morgan fingerprint density at radius 1 is 1.03 bits per heavy atom. The van der Waals surface area contributed by atoms with Crippen LogP contribution in [0, 0.1) is 0 Å². The van der Waals surface area contributed by atoms with E-state index in [-0.39, 0.29) is 5.92 Å². The number of alkyl halides is 2. The van der Waals surface area contributed by atoms with Crippen molar-refractivity contribution < 1.29 is 23.4 Å². The molecule has 8 heteroatoms. The van der Waals surface area contributed by atoms with E-state index in [2.05, 4.69) is 5.32 Å². The lowest BCUT2D eigenvalue weighted by Crippen LogP contribution is -2.52. The third kappa shape index (κ3) is 5.81. The van der Waals surface area contributed by atoms with Gasteiger partial charge in [-0.15, -0.1) is 0 Å². The van der Waals surface area contributed by atoms with Gasteiger partial charge in [0.25, 0.3) is 6.43 Å². The Morgan fingerprint density at radius 2 is 1.62 bits per heavy atom. The minimum Gasteiger partial charge on any atom is -0.480 e. The largest absolute Gasteiger partial charge is 0.480 e. The van der Waals surface area contributed by atoms with Crippen LogP contribution in [0.4, 0.5) is 8.78 Å². The maximum atomic E-state index is 12.8. The van der Waals surface area contributed by atoms with Crippen LogP contribution in [0.1, 0.15) is 37.3 Å².